The largest absolute Gasteiger partial charge is 0.393 e. The SMILES string of the molecule is Cn1cc(C(NC(=O)Cn2nnnc2N)C2CC(O)C2)cn1. The van der Waals surface area contributed by atoms with Crippen LogP contribution in [-0.2, 0) is 18.4 Å². The number of carbonyl (C=O) groups excluding carboxylic acids is 1. The van der Waals surface area contributed by atoms with Gasteiger partial charge in [-0.05, 0) is 29.2 Å². The van der Waals surface area contributed by atoms with Crippen LogP contribution in [0.25, 0.3) is 0 Å². The molecule has 0 saturated heterocycles. The minimum Gasteiger partial charge on any atom is -0.393 e. The van der Waals surface area contributed by atoms with Crippen LogP contribution in [-0.4, -0.2) is 47.1 Å². The molecule has 0 aromatic carbocycles. The molecule has 4 N–H and O–H groups in total. The number of hydrogen-bond donors (Lipinski definition) is 3. The Hall–Kier alpha value is -2.49. The highest BCUT2D eigenvalue weighted by molar-refractivity contribution is 5.76. The summed E-state index contributed by atoms with van der Waals surface area (Å²) in [4.78, 5) is 12.2. The molecule has 2 aromatic rings. The Morgan fingerprint density at radius 1 is 1.59 bits per heavy atom. The van der Waals surface area contributed by atoms with Gasteiger partial charge in [-0.25, -0.2) is 4.68 Å². The maximum Gasteiger partial charge on any atom is 0.242 e. The number of amides is 1. The number of tetrazole rings is 1. The van der Waals surface area contributed by atoms with Gasteiger partial charge in [0.25, 0.3) is 0 Å². The number of nitrogens with zero attached hydrogens (tertiary/aromatic N) is 6. The number of nitrogen functional groups attached to an aromatic ring is 1. The Balaban J connectivity index is 1.70. The third kappa shape index (κ3) is 2.91. The first kappa shape index (κ1) is 14.4. The van der Waals surface area contributed by atoms with Gasteiger partial charge in [0.1, 0.15) is 6.54 Å². The van der Waals surface area contributed by atoms with Crippen molar-refractivity contribution < 1.29 is 9.90 Å². The summed E-state index contributed by atoms with van der Waals surface area (Å²) in [6.07, 6.45) is 4.61. The lowest BCUT2D eigenvalue weighted by molar-refractivity contribution is -0.123. The highest BCUT2D eigenvalue weighted by Gasteiger charge is 2.36. The Bertz CT molecular complexity index is 660. The molecule has 2 heterocycles. The van der Waals surface area contributed by atoms with Crippen molar-refractivity contribution in [2.45, 2.75) is 31.5 Å². The molecule has 22 heavy (non-hydrogen) atoms. The summed E-state index contributed by atoms with van der Waals surface area (Å²) in [6, 6.07) is -0.192. The molecule has 10 nitrogen and oxygen atoms in total. The fourth-order valence-corrected chi connectivity index (χ4v) is 2.66. The van der Waals surface area contributed by atoms with Crippen LogP contribution in [0.5, 0.6) is 0 Å². The van der Waals surface area contributed by atoms with Gasteiger partial charge in [0.05, 0.1) is 18.3 Å². The van der Waals surface area contributed by atoms with Crippen molar-refractivity contribution in [1.29, 1.82) is 0 Å². The fraction of sp³-hybridized carbons (Fsp3) is 0.583. The summed E-state index contributed by atoms with van der Waals surface area (Å²) in [6.45, 7) is -0.0507. The van der Waals surface area contributed by atoms with Gasteiger partial charge in [-0.2, -0.15) is 5.10 Å². The van der Waals surface area contributed by atoms with Gasteiger partial charge in [-0.15, -0.1) is 0 Å². The van der Waals surface area contributed by atoms with Crippen LogP contribution in [0, 0.1) is 5.92 Å². The number of aryl methyl sites for hydroxylation is 1. The normalized spacial score (nSPS) is 22.1. The molecule has 0 aliphatic heterocycles. The van der Waals surface area contributed by atoms with E-state index in [0.29, 0.717) is 12.8 Å². The number of nitrogens with two attached hydrogens (primary N) is 1. The molecule has 1 atom stereocenters. The van der Waals surface area contributed by atoms with Crippen LogP contribution in [0.1, 0.15) is 24.4 Å². The third-order valence-corrected chi connectivity index (χ3v) is 3.87. The second-order valence-corrected chi connectivity index (χ2v) is 5.57. The Morgan fingerprint density at radius 3 is 2.91 bits per heavy atom. The van der Waals surface area contributed by atoms with Gasteiger partial charge in [0, 0.05) is 18.8 Å². The van der Waals surface area contributed by atoms with Crippen LogP contribution >= 0.6 is 0 Å². The summed E-state index contributed by atoms with van der Waals surface area (Å²) >= 11 is 0. The average Bonchev–Trinajstić information content (AvgIpc) is 3.02. The number of rotatable bonds is 5. The molecule has 2 aromatic heterocycles. The van der Waals surface area contributed by atoms with Crippen molar-refractivity contribution >= 4 is 11.9 Å². The van der Waals surface area contributed by atoms with E-state index in [1.807, 2.05) is 13.2 Å². The van der Waals surface area contributed by atoms with E-state index in [9.17, 15) is 9.90 Å². The molecule has 1 aliphatic rings. The zero-order valence-corrected chi connectivity index (χ0v) is 12.1. The lowest BCUT2D eigenvalue weighted by Crippen LogP contribution is -2.42. The average molecular weight is 306 g/mol. The summed E-state index contributed by atoms with van der Waals surface area (Å²) in [5.74, 6) is 0.0377. The van der Waals surface area contributed by atoms with Crippen LogP contribution < -0.4 is 11.1 Å². The smallest absolute Gasteiger partial charge is 0.242 e. The lowest BCUT2D eigenvalue weighted by atomic mass is 9.75. The molecule has 1 aliphatic carbocycles. The number of aromatic nitrogens is 6. The van der Waals surface area contributed by atoms with Gasteiger partial charge in [-0.1, -0.05) is 5.10 Å². The van der Waals surface area contributed by atoms with E-state index in [2.05, 4.69) is 25.9 Å². The maximum absolute atomic E-state index is 12.2. The molecule has 10 heteroatoms. The lowest BCUT2D eigenvalue weighted by Gasteiger charge is -2.37. The monoisotopic (exact) mass is 306 g/mol. The molecular formula is C12H18N8O2. The van der Waals surface area contributed by atoms with Gasteiger partial charge < -0.3 is 16.2 Å². The van der Waals surface area contributed by atoms with Crippen molar-refractivity contribution in [1.82, 2.24) is 35.3 Å². The highest BCUT2D eigenvalue weighted by Crippen LogP contribution is 2.37. The topological polar surface area (TPSA) is 137 Å². The number of aliphatic hydroxyl groups excluding tert-OH is 1. The predicted molar refractivity (Wildman–Crippen MR) is 75.1 cm³/mol. The van der Waals surface area contributed by atoms with Crippen molar-refractivity contribution in [3.05, 3.63) is 18.0 Å². The predicted octanol–water partition coefficient (Wildman–Crippen LogP) is -1.38. The first-order chi connectivity index (χ1) is 10.5. The van der Waals surface area contributed by atoms with Gasteiger partial charge in [0.2, 0.25) is 11.9 Å². The van der Waals surface area contributed by atoms with Crippen molar-refractivity contribution in [2.24, 2.45) is 13.0 Å². The number of nitrogens with one attached hydrogen (secondary N) is 1. The van der Waals surface area contributed by atoms with E-state index in [1.165, 1.54) is 4.68 Å². The number of hydrogen-bond acceptors (Lipinski definition) is 7. The molecule has 0 radical (unpaired) electrons. The minimum atomic E-state index is -0.295. The van der Waals surface area contributed by atoms with Gasteiger partial charge in [-0.3, -0.25) is 9.48 Å². The summed E-state index contributed by atoms with van der Waals surface area (Å²) < 4.78 is 2.91. The van der Waals surface area contributed by atoms with Crippen LogP contribution in [0.15, 0.2) is 12.4 Å². The number of carbonyl (C=O) groups is 1. The Morgan fingerprint density at radius 2 is 2.36 bits per heavy atom. The Labute approximate surface area is 126 Å². The molecule has 118 valence electrons. The van der Waals surface area contributed by atoms with E-state index in [0.717, 1.165) is 5.56 Å². The maximum atomic E-state index is 12.2. The fourth-order valence-electron chi connectivity index (χ4n) is 2.66. The quantitative estimate of drug-likeness (QED) is 0.619. The Kier molecular flexibility index (Phi) is 3.75. The number of anilines is 1. The van der Waals surface area contributed by atoms with E-state index in [1.54, 1.807) is 10.9 Å². The van der Waals surface area contributed by atoms with Crippen molar-refractivity contribution in [3.63, 3.8) is 0 Å². The summed E-state index contributed by atoms with van der Waals surface area (Å²) in [5, 5.41) is 27.2. The van der Waals surface area contributed by atoms with Crippen molar-refractivity contribution in [3.8, 4) is 0 Å². The molecule has 1 amide bonds. The molecular weight excluding hydrogens is 288 g/mol. The zero-order chi connectivity index (χ0) is 15.7. The first-order valence-electron chi connectivity index (χ1n) is 7.00. The second-order valence-electron chi connectivity index (χ2n) is 5.57. The molecule has 0 spiro atoms. The molecule has 1 fully saturated rings. The summed E-state index contributed by atoms with van der Waals surface area (Å²) in [7, 11) is 1.82. The molecule has 1 saturated carbocycles. The van der Waals surface area contributed by atoms with Crippen LogP contribution in [0.4, 0.5) is 5.95 Å². The molecule has 3 rings (SSSR count). The minimum absolute atomic E-state index is 0.0507. The van der Waals surface area contributed by atoms with E-state index in [-0.39, 0.29) is 36.5 Å². The van der Waals surface area contributed by atoms with Gasteiger partial charge in [0.15, 0.2) is 0 Å². The van der Waals surface area contributed by atoms with E-state index >= 15 is 0 Å². The summed E-state index contributed by atoms with van der Waals surface area (Å²) in [5.41, 5.74) is 6.46. The third-order valence-electron chi connectivity index (χ3n) is 3.87. The van der Waals surface area contributed by atoms with Gasteiger partial charge >= 0.3 is 0 Å². The highest BCUT2D eigenvalue weighted by atomic mass is 16.3. The first-order valence-corrected chi connectivity index (χ1v) is 7.00. The van der Waals surface area contributed by atoms with E-state index in [4.69, 9.17) is 5.73 Å². The van der Waals surface area contributed by atoms with Crippen LogP contribution in [0.2, 0.25) is 0 Å². The van der Waals surface area contributed by atoms with Crippen LogP contribution in [0.3, 0.4) is 0 Å². The standard InChI is InChI=1S/C12H18N8O2/c1-19-5-8(4-14-19)11(7-2-9(21)3-7)15-10(22)6-20-12(13)16-17-18-20/h4-5,7,9,11,21H,2-3,6H2,1H3,(H,15,22)(H2,13,16,18). The second kappa shape index (κ2) is 5.72. The zero-order valence-electron chi connectivity index (χ0n) is 12.1. The van der Waals surface area contributed by atoms with E-state index < -0.39 is 0 Å². The molecule has 1 unspecified atom stereocenters. The number of aliphatic hydroxyl groups is 1. The molecule has 0 bridgehead atoms. The van der Waals surface area contributed by atoms with Crippen molar-refractivity contribution in [2.75, 3.05) is 5.73 Å².